The van der Waals surface area contributed by atoms with Crippen LogP contribution in [0.1, 0.15) is 86.0 Å². The molecular weight excluding hydrogens is 736 g/mol. The van der Waals surface area contributed by atoms with Gasteiger partial charge < -0.3 is 72.3 Å². The van der Waals surface area contributed by atoms with Crippen molar-refractivity contribution < 1.29 is 49.6 Å². The number of nitrogens with one attached hydrogen (secondary N) is 3. The number of likely N-dealkylation sites (N-methyl/N-ethyl adjacent to an activating group) is 1. The molecule has 12 atom stereocenters. The summed E-state index contributed by atoms with van der Waals surface area (Å²) in [4.78, 5) is 17.6. The minimum atomic E-state index is -1.57. The lowest BCUT2D eigenvalue weighted by Gasteiger charge is -2.48. The van der Waals surface area contributed by atoms with Crippen LogP contribution in [0.3, 0.4) is 0 Å². The Bertz CT molecular complexity index is 1380. The van der Waals surface area contributed by atoms with Crippen molar-refractivity contribution in [3.63, 3.8) is 0 Å². The van der Waals surface area contributed by atoms with Crippen LogP contribution in [0.2, 0.25) is 0 Å². The fraction of sp³-hybridized carbons (Fsp3) is 0.756. The molecule has 0 bridgehead atoms. The maximum atomic E-state index is 13.3. The number of ether oxygens (including phenoxy) is 3. The van der Waals surface area contributed by atoms with Gasteiger partial charge in [-0.25, -0.2) is 0 Å². The molecule has 12 unspecified atom stereocenters. The lowest BCUT2D eigenvalue weighted by Crippen LogP contribution is -2.69. The van der Waals surface area contributed by atoms with Crippen molar-refractivity contribution in [2.75, 3.05) is 39.9 Å². The monoisotopic (exact) mass is 809 g/mol. The molecule has 0 spiro atoms. The van der Waals surface area contributed by atoms with Crippen molar-refractivity contribution in [2.45, 2.75) is 159 Å². The van der Waals surface area contributed by atoms with E-state index >= 15 is 0 Å². The van der Waals surface area contributed by atoms with Gasteiger partial charge in [-0.2, -0.15) is 0 Å². The first kappa shape index (κ1) is 50.5. The molecule has 0 aromatic heterocycles. The van der Waals surface area contributed by atoms with Gasteiger partial charge in [0.25, 0.3) is 0 Å². The number of nitrogens with zero attached hydrogens (tertiary/aromatic N) is 1. The molecule has 2 aliphatic rings. The van der Waals surface area contributed by atoms with E-state index in [1.54, 1.807) is 13.3 Å². The van der Waals surface area contributed by atoms with Crippen LogP contribution in [0.15, 0.2) is 39.9 Å². The predicted octanol–water partition coefficient (Wildman–Crippen LogP) is -0.358. The number of aliphatic imine (C=N–C) groups is 1. The quantitative estimate of drug-likeness (QED) is 0.0207. The molecule has 16 nitrogen and oxygen atoms in total. The van der Waals surface area contributed by atoms with Crippen LogP contribution in [0.4, 0.5) is 0 Å². The van der Waals surface area contributed by atoms with Gasteiger partial charge >= 0.3 is 0 Å². The van der Waals surface area contributed by atoms with Gasteiger partial charge in [0.05, 0.1) is 37.9 Å². The van der Waals surface area contributed by atoms with Gasteiger partial charge in [0.1, 0.15) is 36.1 Å². The van der Waals surface area contributed by atoms with Gasteiger partial charge in [-0.05, 0) is 86.3 Å². The first-order valence-corrected chi connectivity index (χ1v) is 20.1. The van der Waals surface area contributed by atoms with E-state index in [4.69, 9.17) is 30.8 Å². The number of rotatable bonds is 23. The number of amides is 1. The van der Waals surface area contributed by atoms with Crippen molar-refractivity contribution in [2.24, 2.45) is 16.5 Å². The molecule has 0 aromatic rings. The summed E-state index contributed by atoms with van der Waals surface area (Å²) in [6, 6.07) is -3.65. The minimum Gasteiger partial charge on any atom is -0.395 e. The Balaban J connectivity index is 2.06. The largest absolute Gasteiger partial charge is 0.395 e. The van der Waals surface area contributed by atoms with E-state index in [-0.39, 0.29) is 39.0 Å². The van der Waals surface area contributed by atoms with E-state index in [0.717, 1.165) is 31.3 Å². The van der Waals surface area contributed by atoms with E-state index < -0.39 is 78.8 Å². The molecule has 1 amide bonds. The fourth-order valence-electron chi connectivity index (χ4n) is 6.66. The molecular formula is C41H72N6O10. The summed E-state index contributed by atoms with van der Waals surface area (Å²) in [5.41, 5.74) is 15.0. The van der Waals surface area contributed by atoms with Crippen LogP contribution in [0.5, 0.6) is 0 Å². The predicted molar refractivity (Wildman–Crippen MR) is 220 cm³/mol. The number of aliphatic hydroxyl groups excluding tert-OH is 5. The van der Waals surface area contributed by atoms with E-state index in [1.807, 2.05) is 13.0 Å². The molecule has 1 aliphatic heterocycles. The Morgan fingerprint density at radius 1 is 1.05 bits per heavy atom. The Hall–Kier alpha value is -2.60. The number of carbonyl (C=O) groups excluding carboxylic acids is 1. The zero-order chi connectivity index (χ0) is 42.5. The zero-order valence-electron chi connectivity index (χ0n) is 34.8. The second-order valence-electron chi connectivity index (χ2n) is 15.6. The molecule has 326 valence electrons. The van der Waals surface area contributed by atoms with Crippen molar-refractivity contribution in [3.8, 4) is 11.8 Å². The van der Waals surface area contributed by atoms with Crippen LogP contribution >= 0.6 is 0 Å². The highest BCUT2D eigenvalue weighted by Gasteiger charge is 2.51. The number of nitrogens with two attached hydrogens (primary N) is 2. The average molecular weight is 809 g/mol. The lowest BCUT2D eigenvalue weighted by molar-refractivity contribution is -0.303. The number of aliphatic hydroxyl groups is 6. The highest BCUT2D eigenvalue weighted by atomic mass is 16.7. The van der Waals surface area contributed by atoms with E-state index in [1.165, 1.54) is 18.1 Å². The molecule has 0 aromatic carbocycles. The number of allylic oxidation sites excluding steroid dienone is 6. The molecule has 0 radical (unpaired) electrons. The van der Waals surface area contributed by atoms with Gasteiger partial charge in [-0.3, -0.25) is 9.79 Å². The highest BCUT2D eigenvalue weighted by Crippen LogP contribution is 2.31. The molecule has 2 fully saturated rings. The zero-order valence-corrected chi connectivity index (χ0v) is 34.8. The maximum absolute atomic E-state index is 13.3. The molecule has 16 heteroatoms. The molecule has 13 N–H and O–H groups in total. The highest BCUT2D eigenvalue weighted by molar-refractivity contribution is 5.81. The standard InChI is InChI=1S/C41H72N6O10/c1-26(2)12-10-13-27(3)14-11-15-28(4)17-20-46-21-18-32(49)38(52)47-31-24-30(43)35(56-39(53)29(42)16-8-7-9-19-45-22-23-48)33(50)36(31)57-40-34(51)37(44-6)41(5,54)25-55-40/h12,14,17,20,29-37,39-40,44-45,48-51,53-54H,8,10-11,13,15-16,18-19,21-25,42-43H2,1-6H3,(H,47,52)/b27-14+,28-17+,46-20+. The summed E-state index contributed by atoms with van der Waals surface area (Å²) in [6.45, 7) is 10.7. The molecule has 1 saturated carbocycles. The summed E-state index contributed by atoms with van der Waals surface area (Å²) in [6.07, 6.45) is 2.85. The van der Waals surface area contributed by atoms with Crippen LogP contribution in [0, 0.1) is 11.8 Å². The minimum absolute atomic E-state index is 0.00337. The SMILES string of the molecule is CNC1C(O)C(OC2C(NC(=O)C(O)CC/N=C/C=C(\C)CC/C=C(\C)CCC=C(C)C)CC(N)C(OC(O)C(N)CCC#CCNCCO)C2O)OCC1(C)O. The molecule has 2 rings (SSSR count). The Labute approximate surface area is 339 Å². The first-order chi connectivity index (χ1) is 27.0. The average Bonchev–Trinajstić information content (AvgIpc) is 3.14. The Morgan fingerprint density at radius 2 is 1.75 bits per heavy atom. The van der Waals surface area contributed by atoms with Gasteiger partial charge in [-0.15, -0.1) is 5.92 Å². The van der Waals surface area contributed by atoms with Crippen LogP contribution in [0.25, 0.3) is 0 Å². The smallest absolute Gasteiger partial charge is 0.249 e. The summed E-state index contributed by atoms with van der Waals surface area (Å²) in [5.74, 6) is 5.08. The van der Waals surface area contributed by atoms with E-state index in [0.29, 0.717) is 19.5 Å². The Morgan fingerprint density at radius 3 is 2.44 bits per heavy atom. The Kier molecular flexibility index (Phi) is 23.5. The second-order valence-corrected chi connectivity index (χ2v) is 15.6. The molecule has 1 heterocycles. The van der Waals surface area contributed by atoms with Crippen molar-refractivity contribution in [3.05, 3.63) is 34.9 Å². The topological polar surface area (TPSA) is 267 Å². The lowest BCUT2D eigenvalue weighted by atomic mass is 9.83. The van der Waals surface area contributed by atoms with Gasteiger partial charge in [0.2, 0.25) is 5.91 Å². The molecule has 1 aliphatic carbocycles. The van der Waals surface area contributed by atoms with Gasteiger partial charge in [0, 0.05) is 38.2 Å². The van der Waals surface area contributed by atoms with Crippen LogP contribution in [-0.4, -0.2) is 156 Å². The van der Waals surface area contributed by atoms with E-state index in [2.05, 4.69) is 65.7 Å². The van der Waals surface area contributed by atoms with Gasteiger partial charge in [-0.1, -0.05) is 34.8 Å². The summed E-state index contributed by atoms with van der Waals surface area (Å²) >= 11 is 0. The van der Waals surface area contributed by atoms with Crippen LogP contribution in [-0.2, 0) is 19.0 Å². The molecule has 57 heavy (non-hydrogen) atoms. The maximum Gasteiger partial charge on any atom is 0.249 e. The van der Waals surface area contributed by atoms with Crippen molar-refractivity contribution >= 4 is 12.1 Å². The summed E-state index contributed by atoms with van der Waals surface area (Å²) in [7, 11) is 1.56. The first-order valence-electron chi connectivity index (χ1n) is 20.1. The van der Waals surface area contributed by atoms with Crippen molar-refractivity contribution in [1.29, 1.82) is 0 Å². The van der Waals surface area contributed by atoms with Crippen LogP contribution < -0.4 is 27.4 Å². The third-order valence-corrected chi connectivity index (χ3v) is 10.1. The third-order valence-electron chi connectivity index (χ3n) is 10.1. The van der Waals surface area contributed by atoms with E-state index in [9.17, 15) is 30.3 Å². The van der Waals surface area contributed by atoms with Gasteiger partial charge in [0.15, 0.2) is 12.6 Å². The number of carbonyl (C=O) groups is 1. The fourth-order valence-corrected chi connectivity index (χ4v) is 6.66. The normalized spacial score (nSPS) is 30.0. The second kappa shape index (κ2) is 26.5. The summed E-state index contributed by atoms with van der Waals surface area (Å²) < 4.78 is 17.6. The summed E-state index contributed by atoms with van der Waals surface area (Å²) in [5, 5.41) is 72.4. The molecule has 1 saturated heterocycles. The third kappa shape index (κ3) is 18.1. The number of hydrogen-bond acceptors (Lipinski definition) is 15. The number of hydrogen-bond donors (Lipinski definition) is 11. The van der Waals surface area contributed by atoms with Crippen molar-refractivity contribution in [1.82, 2.24) is 16.0 Å².